The highest BCUT2D eigenvalue weighted by Gasteiger charge is 2.21. The van der Waals surface area contributed by atoms with E-state index in [0.29, 0.717) is 35.3 Å². The Hall–Kier alpha value is -2.35. The van der Waals surface area contributed by atoms with Crippen LogP contribution in [-0.2, 0) is 15.3 Å². The third-order valence-corrected chi connectivity index (χ3v) is 4.50. The number of carbonyl (C=O) groups is 2. The van der Waals surface area contributed by atoms with Gasteiger partial charge in [-0.1, -0.05) is 5.16 Å². The molecule has 1 aromatic heterocycles. The maximum Gasteiger partial charge on any atom is 0.234 e. The van der Waals surface area contributed by atoms with Gasteiger partial charge in [0, 0.05) is 31.3 Å². The molecule has 8 heteroatoms. The van der Waals surface area contributed by atoms with Gasteiger partial charge in [0.25, 0.3) is 0 Å². The number of benzene rings is 1. The Balaban J connectivity index is 1.46. The number of carbonyl (C=O) groups excluding carboxylic acids is 2. The van der Waals surface area contributed by atoms with Crippen LogP contribution < -0.4 is 10.2 Å². The molecule has 0 saturated carbocycles. The van der Waals surface area contributed by atoms with Crippen LogP contribution in [0.2, 0.25) is 0 Å². The van der Waals surface area contributed by atoms with Crippen LogP contribution in [0.15, 0.2) is 28.8 Å². The molecule has 0 spiro atoms. The minimum atomic E-state index is -0.0924. The fraction of sp³-hybridized carbons (Fsp3) is 0.375. The Morgan fingerprint density at radius 3 is 2.79 bits per heavy atom. The summed E-state index contributed by atoms with van der Waals surface area (Å²) in [5.41, 5.74) is 1.59. The average Bonchev–Trinajstić information content (AvgIpc) is 3.17. The second-order valence-corrected chi connectivity index (χ2v) is 6.45. The first-order valence-corrected chi connectivity index (χ1v) is 8.84. The van der Waals surface area contributed by atoms with Gasteiger partial charge in [0.2, 0.25) is 17.7 Å². The van der Waals surface area contributed by atoms with E-state index in [0.717, 1.165) is 18.7 Å². The molecule has 2 heterocycles. The van der Waals surface area contributed by atoms with Gasteiger partial charge in [-0.05, 0) is 30.7 Å². The van der Waals surface area contributed by atoms with Crippen molar-refractivity contribution in [1.82, 2.24) is 10.1 Å². The van der Waals surface area contributed by atoms with Gasteiger partial charge in [0.15, 0.2) is 5.82 Å². The molecule has 1 fully saturated rings. The van der Waals surface area contributed by atoms with Crippen molar-refractivity contribution in [2.24, 2.45) is 0 Å². The fourth-order valence-corrected chi connectivity index (χ4v) is 3.14. The molecule has 3 rings (SSSR count). The molecule has 1 saturated heterocycles. The summed E-state index contributed by atoms with van der Waals surface area (Å²) in [7, 11) is 0. The van der Waals surface area contributed by atoms with Crippen LogP contribution >= 0.6 is 11.8 Å². The highest BCUT2D eigenvalue weighted by atomic mass is 32.2. The van der Waals surface area contributed by atoms with E-state index in [4.69, 9.17) is 4.52 Å². The summed E-state index contributed by atoms with van der Waals surface area (Å²) in [6, 6.07) is 7.33. The molecule has 1 N–H and O–H groups in total. The summed E-state index contributed by atoms with van der Waals surface area (Å²) in [6.45, 7) is 2.49. The van der Waals surface area contributed by atoms with Crippen LogP contribution in [0.25, 0.3) is 0 Å². The maximum absolute atomic E-state index is 11.9. The van der Waals surface area contributed by atoms with E-state index in [1.54, 1.807) is 11.8 Å². The Morgan fingerprint density at radius 2 is 2.17 bits per heavy atom. The number of hydrogen-bond donors (Lipinski definition) is 1. The number of hydrogen-bond acceptors (Lipinski definition) is 6. The molecule has 0 atom stereocenters. The largest absolute Gasteiger partial charge is 0.340 e. The maximum atomic E-state index is 11.9. The summed E-state index contributed by atoms with van der Waals surface area (Å²) in [6.07, 6.45) is 1.50. The van der Waals surface area contributed by atoms with Crippen LogP contribution in [0.3, 0.4) is 0 Å². The molecule has 0 radical (unpaired) electrons. The monoisotopic (exact) mass is 346 g/mol. The Labute approximate surface area is 143 Å². The van der Waals surface area contributed by atoms with Gasteiger partial charge in [-0.15, -0.1) is 11.8 Å². The second kappa shape index (κ2) is 7.48. The van der Waals surface area contributed by atoms with Crippen LogP contribution in [-0.4, -0.2) is 34.3 Å². The molecule has 0 bridgehead atoms. The van der Waals surface area contributed by atoms with Gasteiger partial charge in [-0.25, -0.2) is 0 Å². The number of amides is 2. The molecule has 1 aromatic carbocycles. The molecule has 24 heavy (non-hydrogen) atoms. The van der Waals surface area contributed by atoms with Crippen molar-refractivity contribution in [3.05, 3.63) is 36.0 Å². The number of thioether (sulfide) groups is 1. The molecule has 0 unspecified atom stereocenters. The van der Waals surface area contributed by atoms with Crippen molar-refractivity contribution in [3.63, 3.8) is 0 Å². The van der Waals surface area contributed by atoms with Crippen molar-refractivity contribution in [2.45, 2.75) is 25.5 Å². The molecule has 126 valence electrons. The molecular formula is C16H18N4O3S. The second-order valence-electron chi connectivity index (χ2n) is 5.47. The predicted octanol–water partition coefficient (Wildman–Crippen LogP) is 2.38. The number of rotatable bonds is 6. The van der Waals surface area contributed by atoms with Gasteiger partial charge in [0.05, 0.1) is 11.5 Å². The van der Waals surface area contributed by atoms with Crippen LogP contribution in [0.1, 0.15) is 24.6 Å². The highest BCUT2D eigenvalue weighted by molar-refractivity contribution is 7.99. The zero-order chi connectivity index (χ0) is 16.9. The van der Waals surface area contributed by atoms with Crippen LogP contribution in [0, 0.1) is 6.92 Å². The van der Waals surface area contributed by atoms with Crippen molar-refractivity contribution >= 4 is 35.0 Å². The number of nitrogens with zero attached hydrogens (tertiary/aromatic N) is 3. The van der Waals surface area contributed by atoms with Gasteiger partial charge in [0.1, 0.15) is 0 Å². The number of aromatic nitrogens is 2. The van der Waals surface area contributed by atoms with E-state index in [2.05, 4.69) is 15.5 Å². The number of aryl methyl sites for hydroxylation is 1. The normalized spacial score (nSPS) is 14.2. The van der Waals surface area contributed by atoms with E-state index in [1.807, 2.05) is 24.3 Å². The lowest BCUT2D eigenvalue weighted by atomic mass is 10.2. The lowest BCUT2D eigenvalue weighted by molar-refractivity contribution is -0.117. The predicted molar refractivity (Wildman–Crippen MR) is 91.9 cm³/mol. The smallest absolute Gasteiger partial charge is 0.234 e. The molecular weight excluding hydrogens is 328 g/mol. The molecule has 2 amide bonds. The molecule has 7 nitrogen and oxygen atoms in total. The summed E-state index contributed by atoms with van der Waals surface area (Å²) < 4.78 is 4.88. The number of anilines is 2. The van der Waals surface area contributed by atoms with Crippen molar-refractivity contribution in [1.29, 1.82) is 0 Å². The van der Waals surface area contributed by atoms with Crippen LogP contribution in [0.5, 0.6) is 0 Å². The first kappa shape index (κ1) is 16.5. The third-order valence-electron chi connectivity index (χ3n) is 3.57. The minimum absolute atomic E-state index is 0.0924. The van der Waals surface area contributed by atoms with Gasteiger partial charge in [-0.3, -0.25) is 9.59 Å². The quantitative estimate of drug-likeness (QED) is 0.864. The zero-order valence-corrected chi connectivity index (χ0v) is 14.1. The lowest BCUT2D eigenvalue weighted by Gasteiger charge is -2.16. The molecule has 1 aliphatic heterocycles. The Morgan fingerprint density at radius 1 is 1.38 bits per heavy atom. The van der Waals surface area contributed by atoms with Crippen molar-refractivity contribution in [2.75, 3.05) is 22.5 Å². The van der Waals surface area contributed by atoms with Gasteiger partial charge in [-0.2, -0.15) is 4.98 Å². The van der Waals surface area contributed by atoms with Gasteiger partial charge >= 0.3 is 0 Å². The Kier molecular flexibility index (Phi) is 5.14. The first-order chi connectivity index (χ1) is 11.6. The summed E-state index contributed by atoms with van der Waals surface area (Å²) in [4.78, 5) is 29.5. The first-order valence-electron chi connectivity index (χ1n) is 7.69. The van der Waals surface area contributed by atoms with Crippen molar-refractivity contribution < 1.29 is 14.1 Å². The third kappa shape index (κ3) is 4.14. The van der Waals surface area contributed by atoms with E-state index in [9.17, 15) is 9.59 Å². The van der Waals surface area contributed by atoms with E-state index in [-0.39, 0.29) is 11.8 Å². The Bertz CT molecular complexity index is 729. The van der Waals surface area contributed by atoms with E-state index >= 15 is 0 Å². The summed E-state index contributed by atoms with van der Waals surface area (Å²) in [5.74, 6) is 2.00. The van der Waals surface area contributed by atoms with E-state index < -0.39 is 0 Å². The van der Waals surface area contributed by atoms with Crippen LogP contribution in [0.4, 0.5) is 11.4 Å². The van der Waals surface area contributed by atoms with Gasteiger partial charge < -0.3 is 14.7 Å². The topological polar surface area (TPSA) is 88.3 Å². The zero-order valence-electron chi connectivity index (χ0n) is 13.3. The highest BCUT2D eigenvalue weighted by Crippen LogP contribution is 2.23. The summed E-state index contributed by atoms with van der Waals surface area (Å²) >= 11 is 1.42. The SMILES string of the molecule is Cc1nc(CSCC(=O)Nc2ccc(N3CCCC3=O)cc2)no1. The van der Waals surface area contributed by atoms with Crippen molar-refractivity contribution in [3.8, 4) is 0 Å². The molecule has 2 aromatic rings. The van der Waals surface area contributed by atoms with E-state index in [1.165, 1.54) is 11.8 Å². The molecule has 0 aliphatic carbocycles. The lowest BCUT2D eigenvalue weighted by Crippen LogP contribution is -2.23. The average molecular weight is 346 g/mol. The summed E-state index contributed by atoms with van der Waals surface area (Å²) in [5, 5.41) is 6.61. The standard InChI is InChI=1S/C16H18N4O3S/c1-11-17-14(19-23-11)9-24-10-15(21)18-12-4-6-13(7-5-12)20-8-2-3-16(20)22/h4-7H,2-3,8-10H2,1H3,(H,18,21). The number of nitrogens with one attached hydrogen (secondary N) is 1. The molecule has 1 aliphatic rings. The fourth-order valence-electron chi connectivity index (χ4n) is 2.48. The minimum Gasteiger partial charge on any atom is -0.340 e.